The molecule has 21 heavy (non-hydrogen) atoms. The maximum Gasteiger partial charge on any atom is 0.239 e. The third kappa shape index (κ3) is 3.29. The third-order valence-corrected chi connectivity index (χ3v) is 5.96. The topological polar surface area (TPSA) is 45.2 Å². The number of likely N-dealkylation sites (N-methyl/N-ethyl adjacent to an activating group) is 1. The Morgan fingerprint density at radius 2 is 2.29 bits per heavy atom. The zero-order valence-corrected chi connectivity index (χ0v) is 13.8. The number of nitrogens with zero attached hydrogens (tertiary/aromatic N) is 2. The first-order valence-electron chi connectivity index (χ1n) is 8.12. The second kappa shape index (κ2) is 6.44. The van der Waals surface area contributed by atoms with Gasteiger partial charge in [0.25, 0.3) is 0 Å². The Bertz CT molecular complexity index is 487. The van der Waals surface area contributed by atoms with Crippen LogP contribution in [0, 0.1) is 5.92 Å². The Morgan fingerprint density at radius 3 is 3.00 bits per heavy atom. The molecule has 2 fully saturated rings. The van der Waals surface area contributed by atoms with Crippen LogP contribution in [0.2, 0.25) is 0 Å². The lowest BCUT2D eigenvalue weighted by molar-refractivity contribution is -0.132. The van der Waals surface area contributed by atoms with E-state index in [4.69, 9.17) is 0 Å². The number of carbonyl (C=O) groups excluding carboxylic acids is 1. The van der Waals surface area contributed by atoms with Crippen molar-refractivity contribution in [2.75, 3.05) is 7.05 Å². The lowest BCUT2D eigenvalue weighted by atomic mass is 9.85. The second-order valence-electron chi connectivity index (χ2n) is 6.37. The lowest BCUT2D eigenvalue weighted by Gasteiger charge is -2.24. The molecule has 1 aromatic heterocycles. The number of hydrogen-bond donors (Lipinski definition) is 1. The molecule has 0 spiro atoms. The maximum atomic E-state index is 12.6. The summed E-state index contributed by atoms with van der Waals surface area (Å²) in [6.45, 7) is 2.80. The molecule has 3 atom stereocenters. The van der Waals surface area contributed by atoms with Gasteiger partial charge in [-0.2, -0.15) is 0 Å². The molecule has 1 saturated heterocycles. The van der Waals surface area contributed by atoms with Crippen LogP contribution in [-0.4, -0.2) is 34.9 Å². The summed E-state index contributed by atoms with van der Waals surface area (Å²) in [7, 11) is 1.91. The minimum absolute atomic E-state index is 0.0293. The summed E-state index contributed by atoms with van der Waals surface area (Å²) >= 11 is 1.72. The fraction of sp³-hybridized carbons (Fsp3) is 0.750. The standard InChI is InChI=1S/C16H25N3OS/c1-3-15-17-9-12(21-15)10-19(2)16(20)14-8-11-6-4-5-7-13(11)18-14/h9,11,13-14,18H,3-8,10H2,1-2H3/t11-,13-,14+/m1/s1. The highest BCUT2D eigenvalue weighted by molar-refractivity contribution is 7.11. The third-order valence-electron chi connectivity index (χ3n) is 4.83. The quantitative estimate of drug-likeness (QED) is 0.930. The van der Waals surface area contributed by atoms with Crippen molar-refractivity contribution in [3.63, 3.8) is 0 Å². The van der Waals surface area contributed by atoms with E-state index in [0.29, 0.717) is 12.6 Å². The molecular weight excluding hydrogens is 282 g/mol. The SMILES string of the molecule is CCc1ncc(CN(C)C(=O)[C@@H]2C[C@H]3CCCC[C@H]3N2)s1. The average Bonchev–Trinajstić information content (AvgIpc) is 3.12. The van der Waals surface area contributed by atoms with E-state index >= 15 is 0 Å². The van der Waals surface area contributed by atoms with E-state index in [1.165, 1.54) is 30.6 Å². The van der Waals surface area contributed by atoms with Crippen molar-refractivity contribution in [3.05, 3.63) is 16.1 Å². The zero-order valence-electron chi connectivity index (χ0n) is 13.0. The van der Waals surface area contributed by atoms with Gasteiger partial charge in [0.05, 0.1) is 17.6 Å². The smallest absolute Gasteiger partial charge is 0.239 e. The van der Waals surface area contributed by atoms with E-state index in [9.17, 15) is 4.79 Å². The van der Waals surface area contributed by atoms with Crippen molar-refractivity contribution in [1.29, 1.82) is 0 Å². The fourth-order valence-corrected chi connectivity index (χ4v) is 4.59. The minimum Gasteiger partial charge on any atom is -0.339 e. The predicted molar refractivity (Wildman–Crippen MR) is 85.3 cm³/mol. The normalized spacial score (nSPS) is 28.4. The van der Waals surface area contributed by atoms with Crippen LogP contribution in [0.5, 0.6) is 0 Å². The van der Waals surface area contributed by atoms with E-state index in [1.54, 1.807) is 11.3 Å². The van der Waals surface area contributed by atoms with Gasteiger partial charge in [0.15, 0.2) is 0 Å². The molecular formula is C16H25N3OS. The summed E-state index contributed by atoms with van der Waals surface area (Å²) in [5.74, 6) is 0.965. The summed E-state index contributed by atoms with van der Waals surface area (Å²) in [6, 6.07) is 0.609. The summed E-state index contributed by atoms with van der Waals surface area (Å²) in [6.07, 6.45) is 9.08. The van der Waals surface area contributed by atoms with Crippen LogP contribution in [0.4, 0.5) is 0 Å². The van der Waals surface area contributed by atoms with Crippen LogP contribution in [-0.2, 0) is 17.8 Å². The Balaban J connectivity index is 1.57. The Kier molecular flexibility index (Phi) is 4.60. The highest BCUT2D eigenvalue weighted by atomic mass is 32.1. The van der Waals surface area contributed by atoms with Crippen molar-refractivity contribution in [2.24, 2.45) is 5.92 Å². The van der Waals surface area contributed by atoms with Gasteiger partial charge in [-0.15, -0.1) is 11.3 Å². The number of rotatable bonds is 4. The number of aromatic nitrogens is 1. The van der Waals surface area contributed by atoms with Crippen molar-refractivity contribution in [1.82, 2.24) is 15.2 Å². The van der Waals surface area contributed by atoms with E-state index < -0.39 is 0 Å². The number of thiazole rings is 1. The maximum absolute atomic E-state index is 12.6. The van der Waals surface area contributed by atoms with Crippen LogP contribution in [0.3, 0.4) is 0 Å². The van der Waals surface area contributed by atoms with Crippen molar-refractivity contribution >= 4 is 17.2 Å². The van der Waals surface area contributed by atoms with Crippen molar-refractivity contribution in [3.8, 4) is 0 Å². The van der Waals surface area contributed by atoms with Gasteiger partial charge in [-0.25, -0.2) is 4.98 Å². The van der Waals surface area contributed by atoms with E-state index in [-0.39, 0.29) is 11.9 Å². The molecule has 3 rings (SSSR count). The first kappa shape index (κ1) is 15.0. The first-order chi connectivity index (χ1) is 10.2. The van der Waals surface area contributed by atoms with Crippen LogP contribution in [0.1, 0.15) is 48.9 Å². The minimum atomic E-state index is 0.0293. The van der Waals surface area contributed by atoms with E-state index in [2.05, 4.69) is 17.2 Å². The van der Waals surface area contributed by atoms with Crippen LogP contribution in [0.15, 0.2) is 6.20 Å². The van der Waals surface area contributed by atoms with Gasteiger partial charge in [0.1, 0.15) is 0 Å². The Labute approximate surface area is 130 Å². The number of hydrogen-bond acceptors (Lipinski definition) is 4. The Morgan fingerprint density at radius 1 is 1.48 bits per heavy atom. The molecule has 116 valence electrons. The fourth-order valence-electron chi connectivity index (χ4n) is 3.67. The molecule has 1 aliphatic carbocycles. The number of fused-ring (bicyclic) bond motifs is 1. The summed E-state index contributed by atoms with van der Waals surface area (Å²) in [4.78, 5) is 20.0. The zero-order chi connectivity index (χ0) is 14.8. The van der Waals surface area contributed by atoms with Gasteiger partial charge in [-0.3, -0.25) is 4.79 Å². The number of amides is 1. The predicted octanol–water partition coefficient (Wildman–Crippen LogP) is 2.58. The molecule has 2 aliphatic rings. The van der Waals surface area contributed by atoms with Gasteiger partial charge in [-0.1, -0.05) is 19.8 Å². The van der Waals surface area contributed by atoms with Crippen LogP contribution >= 0.6 is 11.3 Å². The highest BCUT2D eigenvalue weighted by Crippen LogP contribution is 2.33. The van der Waals surface area contributed by atoms with Crippen LogP contribution in [0.25, 0.3) is 0 Å². The van der Waals surface area contributed by atoms with Gasteiger partial charge in [0, 0.05) is 24.2 Å². The second-order valence-corrected chi connectivity index (χ2v) is 7.57. The number of nitrogens with one attached hydrogen (secondary N) is 1. The van der Waals surface area contributed by atoms with E-state index in [0.717, 1.165) is 23.8 Å². The highest BCUT2D eigenvalue weighted by Gasteiger charge is 2.39. The molecule has 1 aliphatic heterocycles. The van der Waals surface area contributed by atoms with Crippen molar-refractivity contribution in [2.45, 2.75) is 64.1 Å². The van der Waals surface area contributed by atoms with Gasteiger partial charge in [-0.05, 0) is 31.6 Å². The summed E-state index contributed by atoms with van der Waals surface area (Å²) < 4.78 is 0. The van der Waals surface area contributed by atoms with Gasteiger partial charge in [0.2, 0.25) is 5.91 Å². The molecule has 0 aromatic carbocycles. The van der Waals surface area contributed by atoms with Crippen molar-refractivity contribution < 1.29 is 4.79 Å². The molecule has 1 aromatic rings. The van der Waals surface area contributed by atoms with E-state index in [1.807, 2.05) is 18.1 Å². The average molecular weight is 307 g/mol. The Hall–Kier alpha value is -0.940. The molecule has 0 unspecified atom stereocenters. The van der Waals surface area contributed by atoms with Crippen LogP contribution < -0.4 is 5.32 Å². The molecule has 2 heterocycles. The lowest BCUT2D eigenvalue weighted by Crippen LogP contribution is -2.43. The summed E-state index contributed by atoms with van der Waals surface area (Å²) in [5.41, 5.74) is 0. The van der Waals surface area contributed by atoms with Gasteiger partial charge < -0.3 is 10.2 Å². The first-order valence-corrected chi connectivity index (χ1v) is 8.93. The number of aryl methyl sites for hydroxylation is 1. The molecule has 0 bridgehead atoms. The molecule has 1 amide bonds. The molecule has 1 saturated carbocycles. The largest absolute Gasteiger partial charge is 0.339 e. The molecule has 5 heteroatoms. The monoisotopic (exact) mass is 307 g/mol. The van der Waals surface area contributed by atoms with Gasteiger partial charge >= 0.3 is 0 Å². The molecule has 4 nitrogen and oxygen atoms in total. The number of carbonyl (C=O) groups is 1. The molecule has 0 radical (unpaired) electrons. The molecule has 1 N–H and O–H groups in total. The summed E-state index contributed by atoms with van der Waals surface area (Å²) in [5, 5.41) is 4.72.